The van der Waals surface area contributed by atoms with E-state index in [4.69, 9.17) is 0 Å². The first-order chi connectivity index (χ1) is 9.99. The van der Waals surface area contributed by atoms with Crippen LogP contribution in [0.25, 0.3) is 0 Å². The van der Waals surface area contributed by atoms with E-state index in [9.17, 15) is 14.7 Å². The molecule has 112 valence electrons. The molecular formula is C17H21NO3. The standard InChI is InChI=1S/C17H21NO3/c1-11-6-5-7-13(10-11)12(2)18-16(19)14-8-3-4-9-15(14)17(20)21/h3-7,10,12,14-15H,8-9H2,1-2H3,(H,18,19)(H,20,21)/t12-,14?,15?/m0/s1. The van der Waals surface area contributed by atoms with Gasteiger partial charge in [0, 0.05) is 0 Å². The minimum atomic E-state index is -0.900. The summed E-state index contributed by atoms with van der Waals surface area (Å²) in [4.78, 5) is 23.6. The highest BCUT2D eigenvalue weighted by Gasteiger charge is 2.34. The predicted octanol–water partition coefficient (Wildman–Crippen LogP) is 2.84. The summed E-state index contributed by atoms with van der Waals surface area (Å²) in [5, 5.41) is 12.2. The SMILES string of the molecule is Cc1cccc([C@H](C)NC(=O)C2CC=CCC2C(=O)O)c1. The van der Waals surface area contributed by atoms with Gasteiger partial charge in [-0.3, -0.25) is 9.59 Å². The molecule has 0 spiro atoms. The van der Waals surface area contributed by atoms with Gasteiger partial charge >= 0.3 is 5.97 Å². The zero-order valence-corrected chi connectivity index (χ0v) is 12.4. The highest BCUT2D eigenvalue weighted by atomic mass is 16.4. The fraction of sp³-hybridized carbons (Fsp3) is 0.412. The summed E-state index contributed by atoms with van der Waals surface area (Å²) in [6.45, 7) is 3.92. The molecule has 4 heteroatoms. The topological polar surface area (TPSA) is 66.4 Å². The molecule has 2 rings (SSSR count). The van der Waals surface area contributed by atoms with Crippen molar-refractivity contribution in [3.8, 4) is 0 Å². The number of nitrogens with one attached hydrogen (secondary N) is 1. The van der Waals surface area contributed by atoms with Crippen LogP contribution in [-0.4, -0.2) is 17.0 Å². The number of aliphatic carboxylic acids is 1. The van der Waals surface area contributed by atoms with Crippen molar-refractivity contribution in [2.75, 3.05) is 0 Å². The van der Waals surface area contributed by atoms with E-state index in [1.54, 1.807) is 0 Å². The molecule has 1 aliphatic carbocycles. The molecule has 0 saturated carbocycles. The van der Waals surface area contributed by atoms with Gasteiger partial charge in [0.2, 0.25) is 5.91 Å². The minimum Gasteiger partial charge on any atom is -0.481 e. The van der Waals surface area contributed by atoms with Crippen LogP contribution in [0.1, 0.15) is 36.9 Å². The Bertz CT molecular complexity index is 565. The average molecular weight is 287 g/mol. The van der Waals surface area contributed by atoms with Crippen LogP contribution in [0.2, 0.25) is 0 Å². The Labute approximate surface area is 124 Å². The number of allylic oxidation sites excluding steroid dienone is 2. The Kier molecular flexibility index (Phi) is 4.78. The van der Waals surface area contributed by atoms with Gasteiger partial charge in [0.05, 0.1) is 17.9 Å². The Morgan fingerprint density at radius 2 is 1.90 bits per heavy atom. The van der Waals surface area contributed by atoms with E-state index in [1.165, 1.54) is 0 Å². The molecule has 0 bridgehead atoms. The first-order valence-electron chi connectivity index (χ1n) is 7.23. The molecule has 0 fully saturated rings. The molecule has 2 N–H and O–H groups in total. The summed E-state index contributed by atoms with van der Waals surface area (Å²) in [5.74, 6) is -2.19. The van der Waals surface area contributed by atoms with Crippen LogP contribution < -0.4 is 5.32 Å². The maximum atomic E-state index is 12.4. The van der Waals surface area contributed by atoms with Crippen LogP contribution in [-0.2, 0) is 9.59 Å². The number of benzene rings is 1. The number of carbonyl (C=O) groups excluding carboxylic acids is 1. The molecule has 1 aromatic rings. The van der Waals surface area contributed by atoms with Gasteiger partial charge in [-0.15, -0.1) is 0 Å². The molecule has 0 saturated heterocycles. The maximum absolute atomic E-state index is 12.4. The van der Waals surface area contributed by atoms with Crippen LogP contribution in [0.3, 0.4) is 0 Å². The van der Waals surface area contributed by atoms with Crippen LogP contribution in [0.4, 0.5) is 0 Å². The summed E-state index contributed by atoms with van der Waals surface area (Å²) >= 11 is 0. The number of amides is 1. The number of carboxylic acid groups (broad SMARTS) is 1. The van der Waals surface area contributed by atoms with Crippen LogP contribution in [0, 0.1) is 18.8 Å². The highest BCUT2D eigenvalue weighted by molar-refractivity contribution is 5.85. The van der Waals surface area contributed by atoms with E-state index in [0.29, 0.717) is 12.8 Å². The van der Waals surface area contributed by atoms with E-state index < -0.39 is 17.8 Å². The third-order valence-electron chi connectivity index (χ3n) is 3.99. The number of hydrogen-bond donors (Lipinski definition) is 2. The molecule has 1 aromatic carbocycles. The Balaban J connectivity index is 2.06. The van der Waals surface area contributed by atoms with Crippen molar-refractivity contribution in [3.63, 3.8) is 0 Å². The van der Waals surface area contributed by atoms with E-state index in [2.05, 4.69) is 5.32 Å². The molecule has 0 radical (unpaired) electrons. The number of carboxylic acids is 1. The fourth-order valence-corrected chi connectivity index (χ4v) is 2.72. The molecule has 0 heterocycles. The molecule has 21 heavy (non-hydrogen) atoms. The van der Waals surface area contributed by atoms with Crippen LogP contribution >= 0.6 is 0 Å². The lowest BCUT2D eigenvalue weighted by atomic mass is 9.82. The van der Waals surface area contributed by atoms with E-state index in [0.717, 1.165) is 11.1 Å². The van der Waals surface area contributed by atoms with Gasteiger partial charge in [-0.05, 0) is 32.3 Å². The maximum Gasteiger partial charge on any atom is 0.307 e. The molecule has 2 unspecified atom stereocenters. The first kappa shape index (κ1) is 15.3. The number of aryl methyl sites for hydroxylation is 1. The van der Waals surface area contributed by atoms with Crippen molar-refractivity contribution < 1.29 is 14.7 Å². The van der Waals surface area contributed by atoms with E-state index in [-0.39, 0.29) is 11.9 Å². The summed E-state index contributed by atoms with van der Waals surface area (Å²) in [6, 6.07) is 7.83. The zero-order valence-electron chi connectivity index (χ0n) is 12.4. The van der Waals surface area contributed by atoms with E-state index in [1.807, 2.05) is 50.3 Å². The molecule has 1 amide bonds. The van der Waals surface area contributed by atoms with Crippen molar-refractivity contribution in [1.29, 1.82) is 0 Å². The second-order valence-corrected chi connectivity index (χ2v) is 5.64. The molecule has 1 aliphatic rings. The number of rotatable bonds is 4. The van der Waals surface area contributed by atoms with Gasteiger partial charge in [-0.2, -0.15) is 0 Å². The largest absolute Gasteiger partial charge is 0.481 e. The highest BCUT2D eigenvalue weighted by Crippen LogP contribution is 2.27. The van der Waals surface area contributed by atoms with Gasteiger partial charge in [0.1, 0.15) is 0 Å². The monoisotopic (exact) mass is 287 g/mol. The Morgan fingerprint density at radius 1 is 1.24 bits per heavy atom. The Hall–Kier alpha value is -2.10. The van der Waals surface area contributed by atoms with Crippen LogP contribution in [0.15, 0.2) is 36.4 Å². The minimum absolute atomic E-state index is 0.127. The fourth-order valence-electron chi connectivity index (χ4n) is 2.72. The van der Waals surface area contributed by atoms with Crippen molar-refractivity contribution in [3.05, 3.63) is 47.5 Å². The summed E-state index contributed by atoms with van der Waals surface area (Å²) in [7, 11) is 0. The average Bonchev–Trinajstić information content (AvgIpc) is 2.47. The lowest BCUT2D eigenvalue weighted by Crippen LogP contribution is -2.39. The van der Waals surface area contributed by atoms with Crippen LogP contribution in [0.5, 0.6) is 0 Å². The third kappa shape index (κ3) is 3.72. The van der Waals surface area contributed by atoms with Crippen molar-refractivity contribution in [2.24, 2.45) is 11.8 Å². The number of carbonyl (C=O) groups is 2. The normalized spacial score (nSPS) is 22.6. The second-order valence-electron chi connectivity index (χ2n) is 5.64. The van der Waals surface area contributed by atoms with E-state index >= 15 is 0 Å². The van der Waals surface area contributed by atoms with Crippen molar-refractivity contribution in [2.45, 2.75) is 32.7 Å². The van der Waals surface area contributed by atoms with Crippen molar-refractivity contribution in [1.82, 2.24) is 5.32 Å². The summed E-state index contributed by atoms with van der Waals surface area (Å²) in [5.41, 5.74) is 2.17. The smallest absolute Gasteiger partial charge is 0.307 e. The molecular weight excluding hydrogens is 266 g/mol. The zero-order chi connectivity index (χ0) is 15.4. The number of hydrogen-bond acceptors (Lipinski definition) is 2. The lowest BCUT2D eigenvalue weighted by molar-refractivity contribution is -0.147. The lowest BCUT2D eigenvalue weighted by Gasteiger charge is -2.26. The van der Waals surface area contributed by atoms with Crippen molar-refractivity contribution >= 4 is 11.9 Å². The van der Waals surface area contributed by atoms with Gasteiger partial charge in [0.25, 0.3) is 0 Å². The molecule has 3 atom stereocenters. The third-order valence-corrected chi connectivity index (χ3v) is 3.99. The molecule has 4 nitrogen and oxygen atoms in total. The van der Waals surface area contributed by atoms with Gasteiger partial charge in [0.15, 0.2) is 0 Å². The van der Waals surface area contributed by atoms with Gasteiger partial charge in [-0.1, -0.05) is 42.0 Å². The summed E-state index contributed by atoms with van der Waals surface area (Å²) in [6.07, 6.45) is 4.64. The Morgan fingerprint density at radius 3 is 2.52 bits per heavy atom. The first-order valence-corrected chi connectivity index (χ1v) is 7.23. The quantitative estimate of drug-likeness (QED) is 0.837. The summed E-state index contributed by atoms with van der Waals surface area (Å²) < 4.78 is 0. The molecule has 0 aromatic heterocycles. The predicted molar refractivity (Wildman–Crippen MR) is 80.7 cm³/mol. The second kappa shape index (κ2) is 6.57. The molecule has 0 aliphatic heterocycles. The van der Waals surface area contributed by atoms with Gasteiger partial charge < -0.3 is 10.4 Å². The van der Waals surface area contributed by atoms with Gasteiger partial charge in [-0.25, -0.2) is 0 Å².